The van der Waals surface area contributed by atoms with Crippen molar-refractivity contribution in [3.05, 3.63) is 60.0 Å². The zero-order chi connectivity index (χ0) is 21.1. The minimum Gasteiger partial charge on any atom is -0.457 e. The van der Waals surface area contributed by atoms with Crippen LogP contribution in [0.3, 0.4) is 0 Å². The van der Waals surface area contributed by atoms with Gasteiger partial charge in [0.15, 0.2) is 16.7 Å². The quantitative estimate of drug-likeness (QED) is 0.357. The van der Waals surface area contributed by atoms with E-state index in [1.54, 1.807) is 24.6 Å². The van der Waals surface area contributed by atoms with Crippen LogP contribution < -0.4 is 10.6 Å². The molecular formula is C22H25N5O2S. The molecule has 0 atom stereocenters. The number of nitrogens with zero attached hydrogens (tertiary/aromatic N) is 3. The Hall–Kier alpha value is -3.13. The lowest BCUT2D eigenvalue weighted by Crippen LogP contribution is -2.36. The molecule has 4 aromatic rings. The van der Waals surface area contributed by atoms with Gasteiger partial charge in [-0.15, -0.1) is 11.3 Å². The Bertz CT molecular complexity index is 1130. The molecule has 0 fully saturated rings. The van der Waals surface area contributed by atoms with Crippen LogP contribution in [0.25, 0.3) is 21.0 Å². The Labute approximate surface area is 179 Å². The molecule has 3 heterocycles. The van der Waals surface area contributed by atoms with Crippen molar-refractivity contribution in [3.63, 3.8) is 0 Å². The van der Waals surface area contributed by atoms with E-state index >= 15 is 0 Å². The number of benzene rings is 1. The summed E-state index contributed by atoms with van der Waals surface area (Å²) in [5, 5.41) is 7.33. The van der Waals surface area contributed by atoms with Gasteiger partial charge in [-0.25, -0.2) is 9.97 Å². The molecular weight excluding hydrogens is 398 g/mol. The molecule has 0 bridgehead atoms. The van der Waals surface area contributed by atoms with Gasteiger partial charge in [0.25, 0.3) is 0 Å². The van der Waals surface area contributed by atoms with Crippen molar-refractivity contribution in [1.82, 2.24) is 20.6 Å². The van der Waals surface area contributed by atoms with Crippen LogP contribution >= 0.6 is 11.3 Å². The molecule has 0 aliphatic heterocycles. The summed E-state index contributed by atoms with van der Waals surface area (Å²) in [5.74, 6) is 3.70. The van der Waals surface area contributed by atoms with Crippen LogP contribution in [0.4, 0.5) is 0 Å². The minimum atomic E-state index is -0.0640. The lowest BCUT2D eigenvalue weighted by molar-refractivity contribution is 0.379. The molecule has 3 aromatic heterocycles. The summed E-state index contributed by atoms with van der Waals surface area (Å²) in [6.07, 6.45) is 1.78. The molecule has 156 valence electrons. The average molecular weight is 424 g/mol. The fourth-order valence-electron chi connectivity index (χ4n) is 2.85. The van der Waals surface area contributed by atoms with Gasteiger partial charge in [-0.2, -0.15) is 0 Å². The van der Waals surface area contributed by atoms with Crippen LogP contribution in [0.1, 0.15) is 38.2 Å². The fraction of sp³-hybridized carbons (Fsp3) is 0.318. The molecule has 4 rings (SSSR count). The van der Waals surface area contributed by atoms with Gasteiger partial charge < -0.3 is 19.5 Å². The second-order valence-electron chi connectivity index (χ2n) is 7.90. The smallest absolute Gasteiger partial charge is 0.213 e. The zero-order valence-corrected chi connectivity index (χ0v) is 18.3. The van der Waals surface area contributed by atoms with Crippen molar-refractivity contribution in [2.75, 3.05) is 7.05 Å². The highest BCUT2D eigenvalue weighted by Gasteiger charge is 2.19. The standard InChI is InChI=1S/C22H25N5O2S/c1-22(2,3)18-12-24-19(29-18)13-26-21(23-4)25-11-14-9-10-16(28-14)20-27-15-7-5-6-8-17(15)30-20/h5-10,12H,11,13H2,1-4H3,(H2,23,25,26). The number of hydrogen-bond donors (Lipinski definition) is 2. The van der Waals surface area contributed by atoms with E-state index in [1.807, 2.05) is 30.3 Å². The molecule has 0 saturated heterocycles. The number of aliphatic imine (C=N–C) groups is 1. The number of furan rings is 1. The summed E-state index contributed by atoms with van der Waals surface area (Å²) in [4.78, 5) is 13.2. The molecule has 2 N–H and O–H groups in total. The van der Waals surface area contributed by atoms with E-state index in [2.05, 4.69) is 52.4 Å². The normalized spacial score (nSPS) is 12.5. The summed E-state index contributed by atoms with van der Waals surface area (Å²) in [6, 6.07) is 12.0. The predicted octanol–water partition coefficient (Wildman–Crippen LogP) is 4.71. The van der Waals surface area contributed by atoms with Gasteiger partial charge >= 0.3 is 0 Å². The van der Waals surface area contributed by atoms with Gasteiger partial charge in [0.2, 0.25) is 5.89 Å². The second-order valence-corrected chi connectivity index (χ2v) is 8.93. The average Bonchev–Trinajstić information content (AvgIpc) is 3.46. The first kappa shape index (κ1) is 20.2. The Morgan fingerprint density at radius 3 is 2.60 bits per heavy atom. The molecule has 7 nitrogen and oxygen atoms in total. The number of hydrogen-bond acceptors (Lipinski definition) is 6. The number of thiazole rings is 1. The van der Waals surface area contributed by atoms with E-state index < -0.39 is 0 Å². The molecule has 0 aliphatic carbocycles. The lowest BCUT2D eigenvalue weighted by Gasteiger charge is -2.13. The number of rotatable bonds is 5. The van der Waals surface area contributed by atoms with Gasteiger partial charge in [0.1, 0.15) is 11.5 Å². The van der Waals surface area contributed by atoms with Crippen LogP contribution in [-0.4, -0.2) is 23.0 Å². The van der Waals surface area contributed by atoms with Gasteiger partial charge in [0.05, 0.1) is 29.5 Å². The van der Waals surface area contributed by atoms with Crippen LogP contribution in [0.5, 0.6) is 0 Å². The maximum atomic E-state index is 5.97. The van der Waals surface area contributed by atoms with Gasteiger partial charge in [-0.1, -0.05) is 32.9 Å². The van der Waals surface area contributed by atoms with Crippen molar-refractivity contribution >= 4 is 27.5 Å². The number of aromatic nitrogens is 2. The predicted molar refractivity (Wildman–Crippen MR) is 120 cm³/mol. The number of oxazole rings is 1. The molecule has 30 heavy (non-hydrogen) atoms. The van der Waals surface area contributed by atoms with E-state index in [4.69, 9.17) is 8.83 Å². The van der Waals surface area contributed by atoms with E-state index in [1.165, 1.54) is 0 Å². The molecule has 0 spiro atoms. The number of nitrogens with one attached hydrogen (secondary N) is 2. The molecule has 0 unspecified atom stereocenters. The topological polar surface area (TPSA) is 88.5 Å². The highest BCUT2D eigenvalue weighted by atomic mass is 32.1. The highest BCUT2D eigenvalue weighted by Crippen LogP contribution is 2.31. The van der Waals surface area contributed by atoms with Crippen LogP contribution in [0.2, 0.25) is 0 Å². The third kappa shape index (κ3) is 4.54. The number of para-hydroxylation sites is 1. The van der Waals surface area contributed by atoms with Crippen LogP contribution in [-0.2, 0) is 18.5 Å². The Morgan fingerprint density at radius 1 is 1.07 bits per heavy atom. The Kier molecular flexibility index (Phi) is 5.59. The molecule has 0 saturated carbocycles. The third-order valence-electron chi connectivity index (χ3n) is 4.52. The minimum absolute atomic E-state index is 0.0640. The molecule has 0 radical (unpaired) electrons. The highest BCUT2D eigenvalue weighted by molar-refractivity contribution is 7.21. The van der Waals surface area contributed by atoms with Crippen molar-refractivity contribution in [2.45, 2.75) is 39.3 Å². The third-order valence-corrected chi connectivity index (χ3v) is 5.57. The van der Waals surface area contributed by atoms with E-state index in [0.717, 1.165) is 32.5 Å². The van der Waals surface area contributed by atoms with E-state index in [9.17, 15) is 0 Å². The number of guanidine groups is 1. The largest absolute Gasteiger partial charge is 0.457 e. The maximum Gasteiger partial charge on any atom is 0.213 e. The Morgan fingerprint density at radius 2 is 1.87 bits per heavy atom. The number of fused-ring (bicyclic) bond motifs is 1. The summed E-state index contributed by atoms with van der Waals surface area (Å²) >= 11 is 1.62. The first-order chi connectivity index (χ1) is 14.4. The summed E-state index contributed by atoms with van der Waals surface area (Å²) in [5.41, 5.74) is 0.921. The van der Waals surface area contributed by atoms with Crippen molar-refractivity contribution in [1.29, 1.82) is 0 Å². The van der Waals surface area contributed by atoms with Crippen molar-refractivity contribution < 1.29 is 8.83 Å². The van der Waals surface area contributed by atoms with Crippen molar-refractivity contribution in [2.24, 2.45) is 4.99 Å². The molecule has 1 aromatic carbocycles. The summed E-state index contributed by atoms with van der Waals surface area (Å²) in [6.45, 7) is 7.24. The first-order valence-electron chi connectivity index (χ1n) is 9.77. The summed E-state index contributed by atoms with van der Waals surface area (Å²) in [7, 11) is 1.72. The molecule has 0 amide bonds. The monoisotopic (exact) mass is 423 g/mol. The fourth-order valence-corrected chi connectivity index (χ4v) is 3.78. The lowest BCUT2D eigenvalue weighted by atomic mass is 9.94. The molecule has 8 heteroatoms. The van der Waals surface area contributed by atoms with E-state index in [-0.39, 0.29) is 5.41 Å². The molecule has 0 aliphatic rings. The van der Waals surface area contributed by atoms with E-state index in [0.29, 0.717) is 24.9 Å². The second kappa shape index (κ2) is 8.31. The summed E-state index contributed by atoms with van der Waals surface area (Å²) < 4.78 is 12.9. The Balaban J connectivity index is 1.34. The first-order valence-corrected chi connectivity index (χ1v) is 10.6. The van der Waals surface area contributed by atoms with Crippen LogP contribution in [0.15, 0.2) is 56.4 Å². The zero-order valence-electron chi connectivity index (χ0n) is 17.5. The SMILES string of the molecule is CN=C(NCc1ccc(-c2nc3ccccc3s2)o1)NCc1ncc(C(C)(C)C)o1. The maximum absolute atomic E-state index is 5.97. The van der Waals surface area contributed by atoms with Gasteiger partial charge in [0, 0.05) is 12.5 Å². The van der Waals surface area contributed by atoms with Gasteiger partial charge in [-0.05, 0) is 24.3 Å². The van der Waals surface area contributed by atoms with Crippen molar-refractivity contribution in [3.8, 4) is 10.8 Å². The van der Waals surface area contributed by atoms with Crippen LogP contribution in [0, 0.1) is 0 Å². The van der Waals surface area contributed by atoms with Gasteiger partial charge in [-0.3, -0.25) is 4.99 Å².